The predicted molar refractivity (Wildman–Crippen MR) is 163 cm³/mol. The lowest BCUT2D eigenvalue weighted by Crippen LogP contribution is -2.38. The number of likely N-dealkylation sites (N-methyl/N-ethyl adjacent to an activating group) is 1. The molecule has 1 heterocycles. The number of Topliss-reactive ketones (excluding diaryl/α,β-unsaturated/α-hetero) is 1. The average Bonchev–Trinajstić information content (AvgIpc) is 3.28. The van der Waals surface area contributed by atoms with Gasteiger partial charge in [0.1, 0.15) is 18.1 Å². The first-order valence-electron chi connectivity index (χ1n) is 14.5. The molecular formula is C34H40N2O6. The van der Waals surface area contributed by atoms with Gasteiger partial charge in [0, 0.05) is 18.7 Å². The minimum absolute atomic E-state index is 0.0344. The molecule has 0 saturated carbocycles. The maximum absolute atomic E-state index is 13.5. The van der Waals surface area contributed by atoms with Gasteiger partial charge in [0.2, 0.25) is 0 Å². The molecule has 8 nitrogen and oxygen atoms in total. The van der Waals surface area contributed by atoms with Crippen molar-refractivity contribution in [3.8, 4) is 17.2 Å². The van der Waals surface area contributed by atoms with Crippen molar-refractivity contribution >= 4 is 17.4 Å². The Morgan fingerprint density at radius 3 is 2.36 bits per heavy atom. The van der Waals surface area contributed by atoms with Crippen molar-refractivity contribution in [3.63, 3.8) is 0 Å². The summed E-state index contributed by atoms with van der Waals surface area (Å²) in [6, 6.07) is 21.3. The van der Waals surface area contributed by atoms with Gasteiger partial charge in [0.25, 0.3) is 11.7 Å². The van der Waals surface area contributed by atoms with E-state index in [1.54, 1.807) is 48.4 Å². The highest BCUT2D eigenvalue weighted by atomic mass is 16.5. The zero-order valence-electron chi connectivity index (χ0n) is 24.8. The fraction of sp³-hybridized carbons (Fsp3) is 0.353. The molecule has 1 unspecified atom stereocenters. The smallest absolute Gasteiger partial charge is 0.295 e. The van der Waals surface area contributed by atoms with E-state index in [2.05, 4.69) is 18.7 Å². The van der Waals surface area contributed by atoms with E-state index in [0.29, 0.717) is 54.7 Å². The summed E-state index contributed by atoms with van der Waals surface area (Å²) in [6.07, 6.45) is 0.834. The SMILES string of the molecule is CCCOc1cccc(/C(O)=C2\C(=O)C(=O)N(CCN(CC)CC)C2c2ccc(OCc3ccccc3)c(OC)c2)c1. The van der Waals surface area contributed by atoms with Gasteiger partial charge in [-0.3, -0.25) is 9.59 Å². The van der Waals surface area contributed by atoms with Crippen molar-refractivity contribution in [1.82, 2.24) is 9.80 Å². The lowest BCUT2D eigenvalue weighted by molar-refractivity contribution is -0.140. The van der Waals surface area contributed by atoms with Crippen LogP contribution in [-0.2, 0) is 16.2 Å². The Kier molecular flexibility index (Phi) is 10.6. The maximum atomic E-state index is 13.5. The first-order valence-corrected chi connectivity index (χ1v) is 14.5. The molecule has 1 atom stereocenters. The van der Waals surface area contributed by atoms with Crippen molar-refractivity contribution in [2.24, 2.45) is 0 Å². The minimum Gasteiger partial charge on any atom is -0.507 e. The van der Waals surface area contributed by atoms with E-state index in [1.807, 2.05) is 43.3 Å². The van der Waals surface area contributed by atoms with Crippen LogP contribution in [0.5, 0.6) is 17.2 Å². The first kappa shape index (κ1) is 30.7. The Hall–Kier alpha value is -4.30. The summed E-state index contributed by atoms with van der Waals surface area (Å²) in [5.74, 6) is -0.0294. The molecular weight excluding hydrogens is 532 g/mol. The van der Waals surface area contributed by atoms with Gasteiger partial charge < -0.3 is 29.1 Å². The van der Waals surface area contributed by atoms with Crippen LogP contribution in [0.25, 0.3) is 5.76 Å². The lowest BCUT2D eigenvalue weighted by Gasteiger charge is -2.28. The molecule has 1 aliphatic rings. The largest absolute Gasteiger partial charge is 0.507 e. The number of ketones is 1. The normalized spacial score (nSPS) is 16.2. The molecule has 3 aromatic carbocycles. The standard InChI is InChI=1S/C34H40N2O6/c1-5-20-41-27-15-11-14-26(21-27)32(37)30-31(36(34(39)33(30)38)19-18-35(6-2)7-3)25-16-17-28(29(22-25)40-4)42-23-24-12-9-8-10-13-24/h8-17,21-22,31,37H,5-7,18-20,23H2,1-4H3/b32-30+. The number of amides is 1. The predicted octanol–water partition coefficient (Wildman–Crippen LogP) is 5.83. The third kappa shape index (κ3) is 6.94. The van der Waals surface area contributed by atoms with Crippen LogP contribution in [0.4, 0.5) is 0 Å². The second-order valence-corrected chi connectivity index (χ2v) is 10.1. The summed E-state index contributed by atoms with van der Waals surface area (Å²) in [7, 11) is 1.55. The Morgan fingerprint density at radius 2 is 1.67 bits per heavy atom. The van der Waals surface area contributed by atoms with Gasteiger partial charge in [0.05, 0.1) is 25.3 Å². The average molecular weight is 573 g/mol. The summed E-state index contributed by atoms with van der Waals surface area (Å²) in [6.45, 7) is 9.55. The second kappa shape index (κ2) is 14.5. The van der Waals surface area contributed by atoms with Crippen LogP contribution in [0.15, 0.2) is 78.4 Å². The van der Waals surface area contributed by atoms with Crippen LogP contribution < -0.4 is 14.2 Å². The Morgan fingerprint density at radius 1 is 0.905 bits per heavy atom. The number of carbonyl (C=O) groups excluding carboxylic acids is 2. The number of aliphatic hydroxyl groups excluding tert-OH is 1. The molecule has 1 amide bonds. The van der Waals surface area contributed by atoms with Crippen molar-refractivity contribution < 1.29 is 28.9 Å². The quantitative estimate of drug-likeness (QED) is 0.148. The van der Waals surface area contributed by atoms with Gasteiger partial charge >= 0.3 is 0 Å². The summed E-state index contributed by atoms with van der Waals surface area (Å²) < 4.78 is 17.5. The highest BCUT2D eigenvalue weighted by molar-refractivity contribution is 6.46. The van der Waals surface area contributed by atoms with Crippen LogP contribution in [0.1, 0.15) is 49.9 Å². The first-order chi connectivity index (χ1) is 20.4. The highest BCUT2D eigenvalue weighted by Gasteiger charge is 2.46. The number of methoxy groups -OCH3 is 1. The van der Waals surface area contributed by atoms with E-state index in [4.69, 9.17) is 14.2 Å². The van der Waals surface area contributed by atoms with Gasteiger partial charge in [0.15, 0.2) is 11.5 Å². The van der Waals surface area contributed by atoms with Crippen LogP contribution in [0, 0.1) is 0 Å². The molecule has 42 heavy (non-hydrogen) atoms. The number of nitrogens with zero attached hydrogens (tertiary/aromatic N) is 2. The van der Waals surface area contributed by atoms with Gasteiger partial charge in [-0.1, -0.05) is 69.3 Å². The second-order valence-electron chi connectivity index (χ2n) is 10.1. The number of ether oxygens (including phenoxy) is 3. The number of carbonyl (C=O) groups is 2. The molecule has 0 aromatic heterocycles. The minimum atomic E-state index is -0.808. The number of hydrogen-bond donors (Lipinski definition) is 1. The molecule has 1 saturated heterocycles. The molecule has 4 rings (SSSR count). The highest BCUT2D eigenvalue weighted by Crippen LogP contribution is 2.42. The topological polar surface area (TPSA) is 88.5 Å². The van der Waals surface area contributed by atoms with E-state index in [-0.39, 0.29) is 11.3 Å². The molecule has 3 aromatic rings. The number of hydrogen-bond acceptors (Lipinski definition) is 7. The number of aliphatic hydroxyl groups is 1. The maximum Gasteiger partial charge on any atom is 0.295 e. The monoisotopic (exact) mass is 572 g/mol. The molecule has 0 radical (unpaired) electrons. The molecule has 0 spiro atoms. The fourth-order valence-electron chi connectivity index (χ4n) is 5.06. The van der Waals surface area contributed by atoms with E-state index < -0.39 is 17.7 Å². The molecule has 0 aliphatic carbocycles. The lowest BCUT2D eigenvalue weighted by atomic mass is 9.95. The Balaban J connectivity index is 1.75. The number of likely N-dealkylation sites (tertiary alicyclic amines) is 1. The zero-order valence-corrected chi connectivity index (χ0v) is 24.8. The summed E-state index contributed by atoms with van der Waals surface area (Å²) in [5.41, 5.74) is 2.09. The van der Waals surface area contributed by atoms with Crippen molar-refractivity contribution in [2.45, 2.75) is 39.8 Å². The van der Waals surface area contributed by atoms with Crippen molar-refractivity contribution in [3.05, 3.63) is 95.1 Å². The zero-order chi connectivity index (χ0) is 30.1. The molecule has 1 N–H and O–H groups in total. The van der Waals surface area contributed by atoms with E-state index in [0.717, 1.165) is 25.1 Å². The van der Waals surface area contributed by atoms with Crippen molar-refractivity contribution in [2.75, 3.05) is 39.9 Å². The third-order valence-corrected chi connectivity index (χ3v) is 7.41. The summed E-state index contributed by atoms with van der Waals surface area (Å²) in [4.78, 5) is 30.7. The van der Waals surface area contributed by atoms with Crippen LogP contribution >= 0.6 is 0 Å². The molecule has 222 valence electrons. The van der Waals surface area contributed by atoms with Crippen LogP contribution in [0.2, 0.25) is 0 Å². The van der Waals surface area contributed by atoms with Gasteiger partial charge in [-0.25, -0.2) is 0 Å². The van der Waals surface area contributed by atoms with E-state index >= 15 is 0 Å². The summed E-state index contributed by atoms with van der Waals surface area (Å²) >= 11 is 0. The molecule has 1 aliphatic heterocycles. The van der Waals surface area contributed by atoms with Gasteiger partial charge in [-0.15, -0.1) is 0 Å². The number of benzene rings is 3. The third-order valence-electron chi connectivity index (χ3n) is 7.41. The van der Waals surface area contributed by atoms with E-state index in [9.17, 15) is 14.7 Å². The number of rotatable bonds is 14. The Labute approximate surface area is 248 Å². The van der Waals surface area contributed by atoms with Gasteiger partial charge in [-0.2, -0.15) is 0 Å². The van der Waals surface area contributed by atoms with Crippen molar-refractivity contribution in [1.29, 1.82) is 0 Å². The van der Waals surface area contributed by atoms with Gasteiger partial charge in [-0.05, 0) is 54.9 Å². The van der Waals surface area contributed by atoms with Crippen LogP contribution in [0.3, 0.4) is 0 Å². The Bertz CT molecular complexity index is 1400. The van der Waals surface area contributed by atoms with Crippen LogP contribution in [-0.4, -0.2) is 66.5 Å². The van der Waals surface area contributed by atoms with E-state index in [1.165, 1.54) is 0 Å². The summed E-state index contributed by atoms with van der Waals surface area (Å²) in [5, 5.41) is 11.5. The molecule has 0 bridgehead atoms. The molecule has 8 heteroatoms. The fourth-order valence-corrected chi connectivity index (χ4v) is 5.06. The molecule has 1 fully saturated rings.